The van der Waals surface area contributed by atoms with Gasteiger partial charge in [-0.2, -0.15) is 0 Å². The predicted molar refractivity (Wildman–Crippen MR) is 121 cm³/mol. The van der Waals surface area contributed by atoms with Crippen molar-refractivity contribution in [2.75, 3.05) is 14.1 Å². The average Bonchev–Trinajstić information content (AvgIpc) is 2.76. The summed E-state index contributed by atoms with van der Waals surface area (Å²) in [7, 11) is 3.20. The minimum absolute atomic E-state index is 0.0773. The molecule has 0 unspecified atom stereocenters. The lowest BCUT2D eigenvalue weighted by Gasteiger charge is -2.50. The van der Waals surface area contributed by atoms with Crippen LogP contribution in [0.1, 0.15) is 24.5 Å². The van der Waals surface area contributed by atoms with E-state index in [-0.39, 0.29) is 29.7 Å². The van der Waals surface area contributed by atoms with Gasteiger partial charge in [0.25, 0.3) is 0 Å². The van der Waals surface area contributed by atoms with E-state index in [0.29, 0.717) is 16.5 Å². The Balaban J connectivity index is 1.76. The second-order valence-corrected chi connectivity index (χ2v) is 9.48. The van der Waals surface area contributed by atoms with Gasteiger partial charge in [0.1, 0.15) is 22.8 Å². The van der Waals surface area contributed by atoms with Gasteiger partial charge in [0.05, 0.1) is 17.1 Å². The van der Waals surface area contributed by atoms with Crippen LogP contribution in [0.3, 0.4) is 0 Å². The van der Waals surface area contributed by atoms with Crippen molar-refractivity contribution < 1.29 is 34.8 Å². The number of carbonyl (C=O) groups is 3. The zero-order valence-corrected chi connectivity index (χ0v) is 18.9. The van der Waals surface area contributed by atoms with Crippen LogP contribution < -0.4 is 0 Å². The van der Waals surface area contributed by atoms with Gasteiger partial charge in [0.15, 0.2) is 17.2 Å². The Morgan fingerprint density at radius 2 is 1.91 bits per heavy atom. The maximum Gasteiger partial charge on any atom is 0.202 e. The lowest BCUT2D eigenvalue weighted by molar-refractivity contribution is -0.153. The molecular weight excluding hydrogens is 440 g/mol. The number of hydrogen-bond acceptors (Lipinski definition) is 9. The molecule has 1 heterocycles. The minimum atomic E-state index is -2.56. The molecule has 3 aliphatic rings. The summed E-state index contributed by atoms with van der Waals surface area (Å²) in [5.74, 6) is -5.71. The molecule has 9 heteroatoms. The average molecular weight is 464 g/mol. The Morgan fingerprint density at radius 3 is 2.56 bits per heavy atom. The van der Waals surface area contributed by atoms with Crippen LogP contribution >= 0.6 is 0 Å². The molecule has 2 aromatic rings. The second-order valence-electron chi connectivity index (χ2n) is 9.48. The van der Waals surface area contributed by atoms with Gasteiger partial charge in [-0.1, -0.05) is 0 Å². The van der Waals surface area contributed by atoms with Crippen molar-refractivity contribution >= 4 is 34.0 Å². The summed E-state index contributed by atoms with van der Waals surface area (Å²) in [6, 6.07) is 3.98. The molecule has 4 N–H and O–H groups in total. The number of rotatable bonds is 2. The third-order valence-corrected chi connectivity index (χ3v) is 7.40. The maximum atomic E-state index is 13.8. The van der Waals surface area contributed by atoms with Crippen molar-refractivity contribution in [3.8, 4) is 5.75 Å². The highest BCUT2D eigenvalue weighted by Gasteiger charge is 2.63. The fourth-order valence-corrected chi connectivity index (χ4v) is 5.94. The molecule has 1 saturated carbocycles. The van der Waals surface area contributed by atoms with Gasteiger partial charge in [0.2, 0.25) is 5.78 Å². The quantitative estimate of drug-likeness (QED) is 0.487. The molecule has 4 atom stereocenters. The van der Waals surface area contributed by atoms with Crippen molar-refractivity contribution in [2.24, 2.45) is 11.8 Å². The highest BCUT2D eigenvalue weighted by molar-refractivity contribution is 6.25. The Bertz CT molecular complexity index is 1370. The lowest BCUT2D eigenvalue weighted by Crippen LogP contribution is -2.65. The number of fused-ring (bicyclic) bond motifs is 4. The lowest BCUT2D eigenvalue weighted by atomic mass is 9.57. The largest absolute Gasteiger partial charge is 0.508 e. The van der Waals surface area contributed by atoms with Gasteiger partial charge in [-0.3, -0.25) is 24.3 Å². The monoisotopic (exact) mass is 464 g/mol. The van der Waals surface area contributed by atoms with Gasteiger partial charge in [0, 0.05) is 23.1 Å². The topological polar surface area (TPSA) is 148 Å². The number of Topliss-reactive ketones (excluding diaryl/α,β-unsaturated/α-hetero) is 3. The summed E-state index contributed by atoms with van der Waals surface area (Å²) < 4.78 is 0. The Kier molecular flexibility index (Phi) is 4.72. The van der Waals surface area contributed by atoms with E-state index in [1.807, 2.05) is 0 Å². The number of nitrogens with zero attached hydrogens (tertiary/aromatic N) is 2. The van der Waals surface area contributed by atoms with E-state index in [1.165, 1.54) is 4.90 Å². The predicted octanol–water partition coefficient (Wildman–Crippen LogP) is 1.62. The molecule has 1 aromatic heterocycles. The van der Waals surface area contributed by atoms with Crippen LogP contribution in [0.4, 0.5) is 0 Å². The molecule has 1 fully saturated rings. The first-order valence-electron chi connectivity index (χ1n) is 11.0. The Labute approximate surface area is 194 Å². The number of aliphatic hydroxyl groups is 3. The van der Waals surface area contributed by atoms with E-state index >= 15 is 0 Å². The smallest absolute Gasteiger partial charge is 0.202 e. The first kappa shape index (κ1) is 22.2. The molecule has 5 rings (SSSR count). The van der Waals surface area contributed by atoms with Crippen LogP contribution in [-0.2, 0) is 20.8 Å². The maximum absolute atomic E-state index is 13.8. The second kappa shape index (κ2) is 7.22. The molecule has 176 valence electrons. The number of ketones is 3. The first-order chi connectivity index (χ1) is 16.0. The van der Waals surface area contributed by atoms with Crippen LogP contribution in [0.2, 0.25) is 0 Å². The molecule has 3 aliphatic carbocycles. The molecule has 0 radical (unpaired) electrons. The molecule has 0 spiro atoms. The molecule has 0 amide bonds. The van der Waals surface area contributed by atoms with Crippen LogP contribution in [-0.4, -0.2) is 73.4 Å². The number of aliphatic hydroxyl groups excluding tert-OH is 2. The number of carbonyl (C=O) groups excluding carboxylic acids is 3. The van der Waals surface area contributed by atoms with Gasteiger partial charge in [-0.15, -0.1) is 0 Å². The van der Waals surface area contributed by atoms with Crippen molar-refractivity contribution in [3.63, 3.8) is 0 Å². The molecule has 9 nitrogen and oxygen atoms in total. The van der Waals surface area contributed by atoms with Gasteiger partial charge < -0.3 is 20.4 Å². The third-order valence-electron chi connectivity index (χ3n) is 7.40. The van der Waals surface area contributed by atoms with Crippen LogP contribution in [0.15, 0.2) is 41.3 Å². The zero-order chi connectivity index (χ0) is 24.7. The van der Waals surface area contributed by atoms with Crippen molar-refractivity contribution in [1.29, 1.82) is 0 Å². The number of phenolic OH excluding ortho intramolecular Hbond substituents is 1. The summed E-state index contributed by atoms with van der Waals surface area (Å²) in [4.78, 5) is 44.9. The van der Waals surface area contributed by atoms with Crippen molar-refractivity contribution in [3.05, 3.63) is 52.4 Å². The first-order valence-corrected chi connectivity index (χ1v) is 11.0. The number of benzene rings is 1. The minimum Gasteiger partial charge on any atom is -0.508 e. The summed E-state index contributed by atoms with van der Waals surface area (Å²) in [6.07, 6.45) is 1.93. The Morgan fingerprint density at radius 1 is 1.21 bits per heavy atom. The summed E-state index contributed by atoms with van der Waals surface area (Å²) in [5.41, 5.74) is -2.12. The number of aromatic hydroxyl groups is 1. The van der Waals surface area contributed by atoms with Gasteiger partial charge in [-0.05, 0) is 63.5 Å². The van der Waals surface area contributed by atoms with Crippen LogP contribution in [0.5, 0.6) is 5.75 Å². The van der Waals surface area contributed by atoms with Gasteiger partial charge >= 0.3 is 0 Å². The summed E-state index contributed by atoms with van der Waals surface area (Å²) in [6.45, 7) is 1.08. The Hall–Kier alpha value is -3.56. The molecule has 1 aromatic carbocycles. The summed E-state index contributed by atoms with van der Waals surface area (Å²) in [5, 5.41) is 45.0. The molecule has 0 bridgehead atoms. The van der Waals surface area contributed by atoms with E-state index in [9.17, 15) is 34.8 Å². The number of aromatic nitrogens is 1. The van der Waals surface area contributed by atoms with E-state index in [1.54, 1.807) is 38.5 Å². The molecule has 34 heavy (non-hydrogen) atoms. The number of likely N-dealkylation sites (N-methyl/N-ethyl adjacent to an activating group) is 1. The number of phenols is 1. The van der Waals surface area contributed by atoms with Crippen LogP contribution in [0.25, 0.3) is 16.7 Å². The zero-order valence-electron chi connectivity index (χ0n) is 18.9. The normalized spacial score (nSPS) is 28.8. The third kappa shape index (κ3) is 2.68. The molecule has 0 aliphatic heterocycles. The van der Waals surface area contributed by atoms with E-state index < -0.39 is 57.9 Å². The fraction of sp³-hybridized carbons (Fsp3) is 0.360. The summed E-state index contributed by atoms with van der Waals surface area (Å²) >= 11 is 0. The standard InChI is InChI=1S/C25H24N2O7/c1-10(28)16-22(31)19(27(2)3)14-8-11-7-12-9-15-13(5-4-6-26-15)20(29)17(12)21(30)18(11)24(33)25(14,34)23(16)32/h4-6,9,11,14,19,29-30,32,34H,7-8H2,1-3H3/t11-,14-,19-,25+/m0/s1. The van der Waals surface area contributed by atoms with Crippen molar-refractivity contribution in [2.45, 2.75) is 31.4 Å². The van der Waals surface area contributed by atoms with Crippen LogP contribution in [0, 0.1) is 11.8 Å². The van der Waals surface area contributed by atoms with E-state index in [4.69, 9.17) is 0 Å². The van der Waals surface area contributed by atoms with Gasteiger partial charge in [-0.25, -0.2) is 0 Å². The SMILES string of the molecule is CC(=O)C1=C(O)[C@@]2(O)C(=O)C3=C(O)c4c(cc5ncccc5c4O)C[C@H]3C[C@H]2[C@H](N(C)C)C1=O. The molecule has 0 saturated heterocycles. The number of hydrogen-bond donors (Lipinski definition) is 4. The van der Waals surface area contributed by atoms with E-state index in [2.05, 4.69) is 4.98 Å². The highest BCUT2D eigenvalue weighted by atomic mass is 16.3. The number of pyridine rings is 1. The highest BCUT2D eigenvalue weighted by Crippen LogP contribution is 2.53. The van der Waals surface area contributed by atoms with Crippen molar-refractivity contribution in [1.82, 2.24) is 9.88 Å². The van der Waals surface area contributed by atoms with E-state index in [0.717, 1.165) is 6.92 Å². The fourth-order valence-electron chi connectivity index (χ4n) is 5.94. The molecular formula is C25H24N2O7.